The summed E-state index contributed by atoms with van der Waals surface area (Å²) >= 11 is 0. The zero-order valence-corrected chi connectivity index (χ0v) is 19.1. The van der Waals surface area contributed by atoms with E-state index >= 15 is 0 Å². The smallest absolute Gasteiger partial charge is 0.276 e. The maximum absolute atomic E-state index is 13.9. The Morgan fingerprint density at radius 2 is 1.94 bits per heavy atom. The number of benzene rings is 1. The molecule has 0 saturated carbocycles. The van der Waals surface area contributed by atoms with E-state index in [9.17, 15) is 9.18 Å². The Labute approximate surface area is 196 Å². The van der Waals surface area contributed by atoms with Crippen molar-refractivity contribution in [3.63, 3.8) is 0 Å². The number of hydrogen-bond donors (Lipinski definition) is 1. The van der Waals surface area contributed by atoms with Crippen molar-refractivity contribution in [2.45, 2.75) is 32.0 Å². The van der Waals surface area contributed by atoms with Gasteiger partial charge in [0.1, 0.15) is 24.8 Å². The first-order valence-corrected chi connectivity index (χ1v) is 11.6. The minimum absolute atomic E-state index is 0.188. The van der Waals surface area contributed by atoms with Crippen LogP contribution in [0.3, 0.4) is 0 Å². The largest absolute Gasteiger partial charge is 0.496 e. The third-order valence-corrected chi connectivity index (χ3v) is 6.41. The number of pyridine rings is 1. The molecule has 0 unspecified atom stereocenters. The summed E-state index contributed by atoms with van der Waals surface area (Å²) in [5.41, 5.74) is 1.19. The highest BCUT2D eigenvalue weighted by atomic mass is 19.1. The highest BCUT2D eigenvalue weighted by Crippen LogP contribution is 2.27. The second kappa shape index (κ2) is 9.94. The summed E-state index contributed by atoms with van der Waals surface area (Å²) in [6, 6.07) is 8.16. The van der Waals surface area contributed by atoms with Crippen LogP contribution >= 0.6 is 0 Å². The fourth-order valence-corrected chi connectivity index (χ4v) is 4.55. The minimum atomic E-state index is -0.372. The molecule has 5 rings (SSSR count). The molecular formula is C24H28FN5O4. The number of piperidine rings is 1. The number of methoxy groups -OCH3 is 1. The lowest BCUT2D eigenvalue weighted by molar-refractivity contribution is 0.161. The van der Waals surface area contributed by atoms with Crippen molar-refractivity contribution in [1.82, 2.24) is 25.0 Å². The first-order valence-electron chi connectivity index (χ1n) is 11.6. The molecule has 1 N–H and O–H groups in total. The van der Waals surface area contributed by atoms with Gasteiger partial charge >= 0.3 is 0 Å². The van der Waals surface area contributed by atoms with E-state index in [-0.39, 0.29) is 11.4 Å². The van der Waals surface area contributed by atoms with Gasteiger partial charge < -0.3 is 29.0 Å². The van der Waals surface area contributed by atoms with Crippen molar-refractivity contribution >= 4 is 10.9 Å². The lowest BCUT2D eigenvalue weighted by Crippen LogP contribution is -2.43. The highest BCUT2D eigenvalue weighted by Gasteiger charge is 2.20. The van der Waals surface area contributed by atoms with Crippen LogP contribution < -0.4 is 25.1 Å². The van der Waals surface area contributed by atoms with Gasteiger partial charge in [0.2, 0.25) is 0 Å². The molecule has 2 aliphatic heterocycles. The number of hydrogen-bond acceptors (Lipinski definition) is 8. The zero-order chi connectivity index (χ0) is 23.5. The number of nitrogens with zero attached hydrogens (tertiary/aromatic N) is 4. The van der Waals surface area contributed by atoms with Gasteiger partial charge in [-0.1, -0.05) is 0 Å². The fourth-order valence-electron chi connectivity index (χ4n) is 4.55. The third kappa shape index (κ3) is 4.83. The summed E-state index contributed by atoms with van der Waals surface area (Å²) in [7, 11) is 1.51. The van der Waals surface area contributed by atoms with Crippen LogP contribution in [0, 0.1) is 5.82 Å². The van der Waals surface area contributed by atoms with Gasteiger partial charge in [-0.3, -0.25) is 4.79 Å². The minimum Gasteiger partial charge on any atom is -0.496 e. The van der Waals surface area contributed by atoms with Crippen molar-refractivity contribution in [3.05, 3.63) is 52.2 Å². The van der Waals surface area contributed by atoms with Gasteiger partial charge in [-0.25, -0.2) is 4.39 Å². The van der Waals surface area contributed by atoms with Gasteiger partial charge in [-0.05, 0) is 44.1 Å². The van der Waals surface area contributed by atoms with Gasteiger partial charge in [0.05, 0.1) is 18.3 Å². The van der Waals surface area contributed by atoms with E-state index in [4.69, 9.17) is 14.2 Å². The predicted molar refractivity (Wildman–Crippen MR) is 124 cm³/mol. The molecule has 180 valence electrons. The Morgan fingerprint density at radius 3 is 2.76 bits per heavy atom. The van der Waals surface area contributed by atoms with Crippen molar-refractivity contribution in [3.8, 4) is 17.4 Å². The third-order valence-electron chi connectivity index (χ3n) is 6.41. The van der Waals surface area contributed by atoms with E-state index in [0.717, 1.165) is 43.6 Å². The van der Waals surface area contributed by atoms with Crippen LogP contribution in [0.15, 0.2) is 35.1 Å². The molecule has 0 atom stereocenters. The van der Waals surface area contributed by atoms with E-state index in [1.807, 2.05) is 6.07 Å². The summed E-state index contributed by atoms with van der Waals surface area (Å²) in [6.07, 6.45) is 1.98. The summed E-state index contributed by atoms with van der Waals surface area (Å²) in [4.78, 5) is 15.0. The van der Waals surface area contributed by atoms with Crippen LogP contribution in [-0.4, -0.2) is 65.7 Å². The Bertz CT molecular complexity index is 1230. The van der Waals surface area contributed by atoms with Crippen LogP contribution in [0.2, 0.25) is 0 Å². The summed E-state index contributed by atoms with van der Waals surface area (Å²) in [5.74, 6) is 1.19. The van der Waals surface area contributed by atoms with E-state index in [2.05, 4.69) is 20.4 Å². The van der Waals surface area contributed by atoms with Crippen LogP contribution in [0.25, 0.3) is 10.9 Å². The maximum Gasteiger partial charge on any atom is 0.276 e. The lowest BCUT2D eigenvalue weighted by Gasteiger charge is -2.32. The van der Waals surface area contributed by atoms with Gasteiger partial charge in [-0.15, -0.1) is 5.10 Å². The summed E-state index contributed by atoms with van der Waals surface area (Å²) in [6.45, 7) is 4.69. The van der Waals surface area contributed by atoms with E-state index in [0.29, 0.717) is 55.2 Å². The molecule has 0 spiro atoms. The summed E-state index contributed by atoms with van der Waals surface area (Å²) < 4.78 is 31.8. The van der Waals surface area contributed by atoms with Crippen LogP contribution in [-0.2, 0) is 13.1 Å². The monoisotopic (exact) mass is 469 g/mol. The maximum atomic E-state index is 13.9. The Kier molecular flexibility index (Phi) is 6.59. The van der Waals surface area contributed by atoms with Gasteiger partial charge in [-0.2, -0.15) is 5.10 Å². The molecule has 34 heavy (non-hydrogen) atoms. The Balaban J connectivity index is 1.15. The van der Waals surface area contributed by atoms with E-state index in [1.165, 1.54) is 25.3 Å². The number of aromatic nitrogens is 3. The first-order chi connectivity index (χ1) is 16.6. The Morgan fingerprint density at radius 1 is 1.12 bits per heavy atom. The van der Waals surface area contributed by atoms with Crippen molar-refractivity contribution < 1.29 is 18.6 Å². The average Bonchev–Trinajstić information content (AvgIpc) is 2.87. The van der Waals surface area contributed by atoms with Crippen molar-refractivity contribution in [1.29, 1.82) is 0 Å². The van der Waals surface area contributed by atoms with E-state index < -0.39 is 0 Å². The molecule has 3 aromatic rings. The molecule has 2 aliphatic rings. The SMILES string of the molecule is COc1cc(=O)n(CCN2CCC(NCc3cc4c(nn3)OCCO4)CC2)c2cc(F)ccc12. The first kappa shape index (κ1) is 22.5. The molecule has 0 bridgehead atoms. The second-order valence-electron chi connectivity index (χ2n) is 8.56. The molecule has 2 aromatic heterocycles. The highest BCUT2D eigenvalue weighted by molar-refractivity contribution is 5.85. The number of nitrogens with one attached hydrogen (secondary N) is 1. The molecule has 9 nitrogen and oxygen atoms in total. The van der Waals surface area contributed by atoms with Gasteiger partial charge in [0.15, 0.2) is 5.75 Å². The normalized spacial score (nSPS) is 16.6. The second-order valence-corrected chi connectivity index (χ2v) is 8.56. The molecule has 1 aromatic carbocycles. The zero-order valence-electron chi connectivity index (χ0n) is 19.1. The molecule has 4 heterocycles. The van der Waals surface area contributed by atoms with Crippen molar-refractivity contribution in [2.24, 2.45) is 0 Å². The predicted octanol–water partition coefficient (Wildman–Crippen LogP) is 1.96. The standard InChI is InChI=1S/C24H28FN5O4/c1-32-21-14-23(31)30(20-12-16(25)2-3-19(20)21)9-8-29-6-4-17(5-7-29)26-15-18-13-22-24(28-27-18)34-11-10-33-22/h2-3,12-14,17,26H,4-11,15H2,1H3. The van der Waals surface area contributed by atoms with Gasteiger partial charge in [0.25, 0.3) is 11.4 Å². The molecule has 0 aliphatic carbocycles. The number of halogens is 1. The average molecular weight is 470 g/mol. The van der Waals surface area contributed by atoms with Gasteiger partial charge in [0, 0.05) is 43.2 Å². The Hall–Kier alpha value is -3.24. The van der Waals surface area contributed by atoms with E-state index in [1.54, 1.807) is 10.6 Å². The van der Waals surface area contributed by atoms with Crippen LogP contribution in [0.1, 0.15) is 18.5 Å². The number of likely N-dealkylation sites (tertiary alicyclic amines) is 1. The molecular weight excluding hydrogens is 441 g/mol. The molecule has 10 heteroatoms. The molecule has 0 amide bonds. The topological polar surface area (TPSA) is 90.7 Å². The van der Waals surface area contributed by atoms with Crippen LogP contribution in [0.5, 0.6) is 17.4 Å². The van der Waals surface area contributed by atoms with Crippen LogP contribution in [0.4, 0.5) is 4.39 Å². The molecule has 1 saturated heterocycles. The molecule has 0 radical (unpaired) electrons. The number of fused-ring (bicyclic) bond motifs is 2. The summed E-state index contributed by atoms with van der Waals surface area (Å²) in [5, 5.41) is 12.6. The fraction of sp³-hybridized carbons (Fsp3) is 0.458. The molecule has 1 fully saturated rings. The quantitative estimate of drug-likeness (QED) is 0.562. The lowest BCUT2D eigenvalue weighted by atomic mass is 10.0. The van der Waals surface area contributed by atoms with Crippen molar-refractivity contribution in [2.75, 3.05) is 40.0 Å². The number of rotatable bonds is 7. The number of ether oxygens (including phenoxy) is 3.